The number of fused-ring (bicyclic) bond motifs is 15. The molecule has 8 aromatic carbocycles. The predicted octanol–water partition coefficient (Wildman–Crippen LogP) is 12.6. The number of hydrogen-bond donors (Lipinski definition) is 0. The minimum absolute atomic E-state index is 0.215. The van der Waals surface area contributed by atoms with Crippen LogP contribution in [0.3, 0.4) is 0 Å². The van der Waals surface area contributed by atoms with Gasteiger partial charge in [0.1, 0.15) is 0 Å². The van der Waals surface area contributed by atoms with E-state index in [1.54, 1.807) is 0 Å². The molecular weight excluding hydrogens is 581 g/mol. The van der Waals surface area contributed by atoms with Gasteiger partial charge in [0.15, 0.2) is 0 Å². The van der Waals surface area contributed by atoms with Crippen LogP contribution in [-0.4, -0.2) is 9.13 Å². The summed E-state index contributed by atoms with van der Waals surface area (Å²) in [6.45, 7) is 0. The zero-order chi connectivity index (χ0) is 31.3. The maximum atomic E-state index is 2.56. The molecule has 0 fully saturated rings. The third-order valence-electron chi connectivity index (χ3n) is 10.8. The standard InChI is InChI=1S/C46H30N2/c1-3-13-33-30(12-1)22-28-42-43(33)38-17-7-9-19-40(38)47(42)31-23-25-32(26-24-31)48-41-20-10-8-18-39(41)45-44-34-14-4-2-11-29(34)21-27-36(44)35-15-5-6-16-37(35)46(45)48/h1-23,25-28,31H,24H2. The van der Waals surface area contributed by atoms with Gasteiger partial charge in [0.2, 0.25) is 0 Å². The highest BCUT2D eigenvalue weighted by atomic mass is 15.0. The van der Waals surface area contributed by atoms with Crippen molar-refractivity contribution in [3.8, 4) is 0 Å². The minimum atomic E-state index is 0.215. The Kier molecular flexibility index (Phi) is 5.25. The molecule has 0 amide bonds. The number of rotatable bonds is 2. The molecule has 0 saturated carbocycles. The molecule has 1 aliphatic carbocycles. The maximum absolute atomic E-state index is 2.56. The topological polar surface area (TPSA) is 9.86 Å². The largest absolute Gasteiger partial charge is 0.333 e. The van der Waals surface area contributed by atoms with Gasteiger partial charge >= 0.3 is 0 Å². The number of aromatic nitrogens is 2. The van der Waals surface area contributed by atoms with E-state index in [1.165, 1.54) is 92.4 Å². The fraction of sp³-hybridized carbons (Fsp3) is 0.0435. The molecule has 10 aromatic rings. The zero-order valence-electron chi connectivity index (χ0n) is 26.3. The molecule has 2 aromatic heterocycles. The first-order valence-corrected chi connectivity index (χ1v) is 16.9. The van der Waals surface area contributed by atoms with E-state index in [-0.39, 0.29) is 6.04 Å². The SMILES string of the molecule is C1=CC(n2c3ccccc3c3c4ccccc4ccc32)CC=C1n1c2ccccc2c2c3c4ccccc4ccc3c3ccccc3c21. The first-order chi connectivity index (χ1) is 23.8. The van der Waals surface area contributed by atoms with E-state index in [4.69, 9.17) is 0 Å². The molecule has 48 heavy (non-hydrogen) atoms. The lowest BCUT2D eigenvalue weighted by molar-refractivity contribution is 0.647. The Balaban J connectivity index is 1.17. The van der Waals surface area contributed by atoms with Gasteiger partial charge in [0.25, 0.3) is 0 Å². The molecule has 2 heterocycles. The summed E-state index contributed by atoms with van der Waals surface area (Å²) in [4.78, 5) is 0. The second kappa shape index (κ2) is 9.70. The van der Waals surface area contributed by atoms with Crippen LogP contribution in [0.15, 0.2) is 164 Å². The molecule has 1 aliphatic rings. The molecule has 0 aliphatic heterocycles. The molecule has 0 saturated heterocycles. The third-order valence-corrected chi connectivity index (χ3v) is 10.8. The van der Waals surface area contributed by atoms with E-state index < -0.39 is 0 Å². The van der Waals surface area contributed by atoms with Crippen molar-refractivity contribution < 1.29 is 0 Å². The highest BCUT2D eigenvalue weighted by Gasteiger charge is 2.23. The summed E-state index contributed by atoms with van der Waals surface area (Å²) < 4.78 is 5.09. The van der Waals surface area contributed by atoms with E-state index in [0.717, 1.165) is 6.42 Å². The lowest BCUT2D eigenvalue weighted by atomic mass is 9.93. The number of para-hydroxylation sites is 2. The van der Waals surface area contributed by atoms with Crippen LogP contribution in [0.25, 0.3) is 92.4 Å². The summed E-state index contributed by atoms with van der Waals surface area (Å²) in [5.74, 6) is 0. The lowest BCUT2D eigenvalue weighted by Gasteiger charge is -2.22. The van der Waals surface area contributed by atoms with Crippen molar-refractivity contribution in [2.24, 2.45) is 0 Å². The minimum Gasteiger partial charge on any atom is -0.333 e. The highest BCUT2D eigenvalue weighted by Crippen LogP contribution is 2.46. The van der Waals surface area contributed by atoms with Gasteiger partial charge in [-0.15, -0.1) is 0 Å². The number of hydrogen-bond acceptors (Lipinski definition) is 0. The Bertz CT molecular complexity index is 3040. The van der Waals surface area contributed by atoms with E-state index in [1.807, 2.05) is 0 Å². The second-order valence-corrected chi connectivity index (χ2v) is 13.2. The van der Waals surface area contributed by atoms with Crippen LogP contribution in [0.1, 0.15) is 12.5 Å². The van der Waals surface area contributed by atoms with Gasteiger partial charge in [0, 0.05) is 43.5 Å². The Morgan fingerprint density at radius 3 is 1.73 bits per heavy atom. The molecular formula is C46H30N2. The van der Waals surface area contributed by atoms with Gasteiger partial charge < -0.3 is 9.13 Å². The van der Waals surface area contributed by atoms with Crippen LogP contribution in [0.2, 0.25) is 0 Å². The van der Waals surface area contributed by atoms with Gasteiger partial charge in [0.05, 0.1) is 22.6 Å². The molecule has 1 atom stereocenters. The lowest BCUT2D eigenvalue weighted by Crippen LogP contribution is -2.09. The maximum Gasteiger partial charge on any atom is 0.0626 e. The molecule has 0 radical (unpaired) electrons. The first kappa shape index (κ1) is 26.0. The molecule has 2 heteroatoms. The molecule has 1 unspecified atom stereocenters. The first-order valence-electron chi connectivity index (χ1n) is 16.9. The van der Waals surface area contributed by atoms with Crippen LogP contribution in [0, 0.1) is 0 Å². The van der Waals surface area contributed by atoms with Crippen molar-refractivity contribution in [3.63, 3.8) is 0 Å². The van der Waals surface area contributed by atoms with Gasteiger partial charge in [-0.05, 0) is 63.0 Å². The average molecular weight is 611 g/mol. The summed E-state index contributed by atoms with van der Waals surface area (Å²) >= 11 is 0. The third kappa shape index (κ3) is 3.41. The summed E-state index contributed by atoms with van der Waals surface area (Å²) in [7, 11) is 0. The smallest absolute Gasteiger partial charge is 0.0626 e. The van der Waals surface area contributed by atoms with Gasteiger partial charge in [-0.3, -0.25) is 0 Å². The van der Waals surface area contributed by atoms with Crippen molar-refractivity contribution >= 4 is 92.4 Å². The fourth-order valence-corrected chi connectivity index (χ4v) is 8.79. The van der Waals surface area contributed by atoms with Gasteiger partial charge in [-0.1, -0.05) is 140 Å². The van der Waals surface area contributed by atoms with Crippen molar-refractivity contribution in [1.82, 2.24) is 9.13 Å². The Hall–Kier alpha value is -6.12. The molecule has 0 bridgehead atoms. The molecule has 11 rings (SSSR count). The number of allylic oxidation sites excluding steroid dienone is 4. The van der Waals surface area contributed by atoms with E-state index in [9.17, 15) is 0 Å². The Morgan fingerprint density at radius 2 is 1.00 bits per heavy atom. The van der Waals surface area contributed by atoms with Crippen molar-refractivity contribution in [3.05, 3.63) is 164 Å². The van der Waals surface area contributed by atoms with Crippen molar-refractivity contribution in [2.45, 2.75) is 12.5 Å². The van der Waals surface area contributed by atoms with Crippen LogP contribution in [0.5, 0.6) is 0 Å². The summed E-state index contributed by atoms with van der Waals surface area (Å²) in [6, 6.07) is 53.9. The second-order valence-electron chi connectivity index (χ2n) is 13.2. The van der Waals surface area contributed by atoms with E-state index in [2.05, 4.69) is 173 Å². The highest BCUT2D eigenvalue weighted by molar-refractivity contribution is 6.37. The summed E-state index contributed by atoms with van der Waals surface area (Å²) in [5.41, 5.74) is 6.34. The van der Waals surface area contributed by atoms with Crippen LogP contribution in [-0.2, 0) is 0 Å². The Morgan fingerprint density at radius 1 is 0.417 bits per heavy atom. The van der Waals surface area contributed by atoms with Gasteiger partial charge in [-0.2, -0.15) is 0 Å². The number of benzene rings is 8. The normalized spacial score (nSPS) is 15.2. The summed E-state index contributed by atoms with van der Waals surface area (Å²) in [6.07, 6.45) is 8.16. The van der Waals surface area contributed by atoms with E-state index in [0.29, 0.717) is 0 Å². The van der Waals surface area contributed by atoms with E-state index >= 15 is 0 Å². The van der Waals surface area contributed by atoms with Crippen LogP contribution < -0.4 is 0 Å². The van der Waals surface area contributed by atoms with Crippen LogP contribution in [0.4, 0.5) is 0 Å². The Labute approximate surface area is 277 Å². The average Bonchev–Trinajstić information content (AvgIpc) is 3.69. The zero-order valence-corrected chi connectivity index (χ0v) is 26.3. The van der Waals surface area contributed by atoms with Crippen molar-refractivity contribution in [2.75, 3.05) is 0 Å². The van der Waals surface area contributed by atoms with Crippen LogP contribution >= 0.6 is 0 Å². The predicted molar refractivity (Wildman–Crippen MR) is 206 cm³/mol. The number of nitrogens with zero attached hydrogens (tertiary/aromatic N) is 2. The quantitative estimate of drug-likeness (QED) is 0.172. The monoisotopic (exact) mass is 610 g/mol. The van der Waals surface area contributed by atoms with Gasteiger partial charge in [-0.25, -0.2) is 0 Å². The summed E-state index contributed by atoms with van der Waals surface area (Å²) in [5, 5.41) is 15.7. The fourth-order valence-electron chi connectivity index (χ4n) is 8.79. The van der Waals surface area contributed by atoms with Crippen molar-refractivity contribution in [1.29, 1.82) is 0 Å². The molecule has 2 nitrogen and oxygen atoms in total. The molecule has 0 spiro atoms. The molecule has 0 N–H and O–H groups in total. The molecule has 224 valence electrons.